The Morgan fingerprint density at radius 1 is 1.16 bits per heavy atom. The first-order valence-corrected chi connectivity index (χ1v) is 8.72. The van der Waals surface area contributed by atoms with E-state index in [1.54, 1.807) is 30.3 Å². The standard InChI is InChI=1S/C18H16FNO4S/c19-13-3-5-14(6-4-13)23-8-1-9-24-18(22)12-2-7-16-15(10-12)20-17(21)11-25-16/h2-7,10H,1,8-9,11H2,(H,20,21). The quantitative estimate of drug-likeness (QED) is 0.630. The number of anilines is 1. The summed E-state index contributed by atoms with van der Waals surface area (Å²) < 4.78 is 23.4. The molecule has 2 aromatic rings. The van der Waals surface area contributed by atoms with E-state index >= 15 is 0 Å². The molecular weight excluding hydrogens is 345 g/mol. The minimum Gasteiger partial charge on any atom is -0.493 e. The van der Waals surface area contributed by atoms with E-state index in [2.05, 4.69) is 5.32 Å². The van der Waals surface area contributed by atoms with Gasteiger partial charge in [0.2, 0.25) is 5.91 Å². The van der Waals surface area contributed by atoms with E-state index in [0.717, 1.165) is 4.90 Å². The third-order valence-corrected chi connectivity index (χ3v) is 4.53. The lowest BCUT2D eigenvalue weighted by Crippen LogP contribution is -2.19. The van der Waals surface area contributed by atoms with E-state index in [4.69, 9.17) is 9.47 Å². The van der Waals surface area contributed by atoms with Crippen molar-refractivity contribution in [2.45, 2.75) is 11.3 Å². The van der Waals surface area contributed by atoms with Crippen molar-refractivity contribution in [2.24, 2.45) is 0 Å². The molecule has 0 bridgehead atoms. The number of nitrogens with one attached hydrogen (secondary N) is 1. The van der Waals surface area contributed by atoms with Crippen LogP contribution in [0.5, 0.6) is 5.75 Å². The molecule has 0 aromatic heterocycles. The van der Waals surface area contributed by atoms with Crippen LogP contribution in [0.2, 0.25) is 0 Å². The van der Waals surface area contributed by atoms with Gasteiger partial charge >= 0.3 is 5.97 Å². The number of hydrogen-bond donors (Lipinski definition) is 1. The Hall–Kier alpha value is -2.54. The van der Waals surface area contributed by atoms with Gasteiger partial charge in [0.25, 0.3) is 0 Å². The molecule has 0 saturated carbocycles. The van der Waals surface area contributed by atoms with Gasteiger partial charge in [-0.1, -0.05) is 0 Å². The molecule has 7 heteroatoms. The molecule has 25 heavy (non-hydrogen) atoms. The largest absolute Gasteiger partial charge is 0.493 e. The summed E-state index contributed by atoms with van der Waals surface area (Å²) in [6.45, 7) is 0.564. The number of thioether (sulfide) groups is 1. The number of fused-ring (bicyclic) bond motifs is 1. The van der Waals surface area contributed by atoms with Crippen LogP contribution in [0.4, 0.5) is 10.1 Å². The lowest BCUT2D eigenvalue weighted by molar-refractivity contribution is -0.113. The summed E-state index contributed by atoms with van der Waals surface area (Å²) >= 11 is 1.44. The molecule has 0 radical (unpaired) electrons. The maximum Gasteiger partial charge on any atom is 0.338 e. The van der Waals surface area contributed by atoms with Crippen LogP contribution in [0.15, 0.2) is 47.4 Å². The maximum absolute atomic E-state index is 12.8. The summed E-state index contributed by atoms with van der Waals surface area (Å²) in [4.78, 5) is 24.4. The number of halogens is 1. The number of ether oxygens (including phenoxy) is 2. The number of esters is 1. The lowest BCUT2D eigenvalue weighted by atomic mass is 10.2. The Balaban J connectivity index is 1.44. The van der Waals surface area contributed by atoms with E-state index in [0.29, 0.717) is 35.8 Å². The molecule has 2 aromatic carbocycles. The summed E-state index contributed by atoms with van der Waals surface area (Å²) in [5.74, 6) is 0.0946. The predicted molar refractivity (Wildman–Crippen MR) is 92.6 cm³/mol. The maximum atomic E-state index is 12.8. The second-order valence-corrected chi connectivity index (χ2v) is 6.36. The minimum absolute atomic E-state index is 0.0824. The van der Waals surface area contributed by atoms with E-state index in [1.165, 1.54) is 23.9 Å². The molecule has 1 aliphatic heterocycles. The summed E-state index contributed by atoms with van der Waals surface area (Å²) in [5.41, 5.74) is 1.02. The molecule has 0 aliphatic carbocycles. The number of carbonyl (C=O) groups excluding carboxylic acids is 2. The molecular formula is C18H16FNO4S. The zero-order valence-corrected chi connectivity index (χ0v) is 14.1. The van der Waals surface area contributed by atoms with Crippen LogP contribution in [0.3, 0.4) is 0 Å². The summed E-state index contributed by atoms with van der Waals surface area (Å²) in [6, 6.07) is 10.8. The summed E-state index contributed by atoms with van der Waals surface area (Å²) in [7, 11) is 0. The molecule has 0 fully saturated rings. The average molecular weight is 361 g/mol. The highest BCUT2D eigenvalue weighted by molar-refractivity contribution is 8.00. The molecule has 0 spiro atoms. The Morgan fingerprint density at radius 3 is 2.76 bits per heavy atom. The summed E-state index contributed by atoms with van der Waals surface area (Å²) in [5, 5.41) is 2.74. The second kappa shape index (κ2) is 8.02. The van der Waals surface area contributed by atoms with Crippen LogP contribution >= 0.6 is 11.8 Å². The smallest absolute Gasteiger partial charge is 0.338 e. The Kier molecular flexibility index (Phi) is 5.55. The number of rotatable bonds is 6. The normalized spacial score (nSPS) is 12.9. The number of amides is 1. The molecule has 0 unspecified atom stereocenters. The minimum atomic E-state index is -0.450. The van der Waals surface area contributed by atoms with Crippen LogP contribution in [0.25, 0.3) is 0 Å². The van der Waals surface area contributed by atoms with E-state index in [-0.39, 0.29) is 18.3 Å². The predicted octanol–water partition coefficient (Wildman–Crippen LogP) is 3.50. The van der Waals surface area contributed by atoms with Gasteiger partial charge in [-0.25, -0.2) is 9.18 Å². The fourth-order valence-corrected chi connectivity index (χ4v) is 3.03. The van der Waals surface area contributed by atoms with Crippen molar-refractivity contribution in [1.82, 2.24) is 0 Å². The fraction of sp³-hybridized carbons (Fsp3) is 0.222. The lowest BCUT2D eigenvalue weighted by Gasteiger charge is -2.16. The van der Waals surface area contributed by atoms with Crippen LogP contribution in [-0.4, -0.2) is 30.8 Å². The molecule has 1 amide bonds. The van der Waals surface area contributed by atoms with Gasteiger partial charge in [-0.2, -0.15) is 0 Å². The number of carbonyl (C=O) groups is 2. The van der Waals surface area contributed by atoms with Gasteiger partial charge in [-0.05, 0) is 42.5 Å². The highest BCUT2D eigenvalue weighted by Gasteiger charge is 2.17. The van der Waals surface area contributed by atoms with Gasteiger partial charge in [0, 0.05) is 11.3 Å². The van der Waals surface area contributed by atoms with E-state index in [1.807, 2.05) is 0 Å². The van der Waals surface area contributed by atoms with Crippen molar-refractivity contribution in [2.75, 3.05) is 24.3 Å². The zero-order valence-electron chi connectivity index (χ0n) is 13.3. The van der Waals surface area contributed by atoms with Crippen molar-refractivity contribution in [3.8, 4) is 5.75 Å². The number of hydrogen-bond acceptors (Lipinski definition) is 5. The molecule has 0 atom stereocenters. The van der Waals surface area contributed by atoms with Gasteiger partial charge in [-0.15, -0.1) is 11.8 Å². The molecule has 3 rings (SSSR count). The first-order valence-electron chi connectivity index (χ1n) is 7.74. The monoisotopic (exact) mass is 361 g/mol. The number of benzene rings is 2. The van der Waals surface area contributed by atoms with Crippen molar-refractivity contribution >= 4 is 29.3 Å². The Labute approximate surface area is 148 Å². The van der Waals surface area contributed by atoms with E-state index < -0.39 is 5.97 Å². The first-order chi connectivity index (χ1) is 12.1. The second-order valence-electron chi connectivity index (χ2n) is 5.34. The van der Waals surface area contributed by atoms with Gasteiger partial charge < -0.3 is 14.8 Å². The average Bonchev–Trinajstić information content (AvgIpc) is 2.62. The Bertz CT molecular complexity index is 779. The van der Waals surface area contributed by atoms with Gasteiger partial charge in [0.15, 0.2) is 0 Å². The molecule has 130 valence electrons. The molecule has 1 aliphatic rings. The molecule has 1 N–H and O–H groups in total. The highest BCUT2D eigenvalue weighted by atomic mass is 32.2. The Morgan fingerprint density at radius 2 is 1.96 bits per heavy atom. The van der Waals surface area contributed by atoms with Gasteiger partial charge in [-0.3, -0.25) is 4.79 Å². The van der Waals surface area contributed by atoms with E-state index in [9.17, 15) is 14.0 Å². The van der Waals surface area contributed by atoms with Crippen molar-refractivity contribution in [1.29, 1.82) is 0 Å². The van der Waals surface area contributed by atoms with Gasteiger partial charge in [0.1, 0.15) is 11.6 Å². The van der Waals surface area contributed by atoms with Crippen LogP contribution < -0.4 is 10.1 Å². The third kappa shape index (κ3) is 4.73. The molecule has 5 nitrogen and oxygen atoms in total. The van der Waals surface area contributed by atoms with Crippen molar-refractivity contribution < 1.29 is 23.5 Å². The molecule has 0 saturated heterocycles. The SMILES string of the molecule is O=C1CSc2ccc(C(=O)OCCCOc3ccc(F)cc3)cc2N1. The third-order valence-electron chi connectivity index (χ3n) is 3.45. The fourth-order valence-electron chi connectivity index (χ4n) is 2.24. The first kappa shape index (κ1) is 17.3. The van der Waals surface area contributed by atoms with Crippen LogP contribution in [-0.2, 0) is 9.53 Å². The van der Waals surface area contributed by atoms with Gasteiger partial charge in [0.05, 0.1) is 30.2 Å². The highest BCUT2D eigenvalue weighted by Crippen LogP contribution is 2.32. The zero-order chi connectivity index (χ0) is 17.6. The topological polar surface area (TPSA) is 64.6 Å². The molecule has 1 heterocycles. The van der Waals surface area contributed by atoms with Crippen LogP contribution in [0.1, 0.15) is 16.8 Å². The van der Waals surface area contributed by atoms with Crippen molar-refractivity contribution in [3.05, 3.63) is 53.8 Å². The summed E-state index contributed by atoms with van der Waals surface area (Å²) in [6.07, 6.45) is 0.515. The van der Waals surface area contributed by atoms with Crippen molar-refractivity contribution in [3.63, 3.8) is 0 Å². The van der Waals surface area contributed by atoms with Crippen LogP contribution in [0, 0.1) is 5.82 Å².